The van der Waals surface area contributed by atoms with Gasteiger partial charge in [-0.1, -0.05) is 0 Å². The van der Waals surface area contributed by atoms with Gasteiger partial charge in [0.1, 0.15) is 0 Å². The van der Waals surface area contributed by atoms with E-state index in [1.54, 1.807) is 6.07 Å². The van der Waals surface area contributed by atoms with Gasteiger partial charge in [0.2, 0.25) is 0 Å². The molecular weight excluding hydrogens is 136 g/mol. The summed E-state index contributed by atoms with van der Waals surface area (Å²) < 4.78 is 7.30. The van der Waals surface area contributed by atoms with Crippen LogP contribution in [0.1, 0.15) is 7.06 Å². The predicted octanol–water partition coefficient (Wildman–Crippen LogP) is 1.94. The van der Waals surface area contributed by atoms with E-state index in [-0.39, 0.29) is 6.17 Å². The van der Waals surface area contributed by atoms with Gasteiger partial charge in [-0.2, -0.15) is 0 Å². The lowest BCUT2D eigenvalue weighted by molar-refractivity contribution is 1.20. The highest BCUT2D eigenvalue weighted by Gasteiger charge is 1.92. The third-order valence-corrected chi connectivity index (χ3v) is 1.55. The zero-order valence-corrected chi connectivity index (χ0v) is 6.20. The van der Waals surface area contributed by atoms with Crippen molar-refractivity contribution < 1.29 is 1.37 Å². The monoisotopic (exact) mass is 145 g/mol. The van der Waals surface area contributed by atoms with Gasteiger partial charge in [0.25, 0.3) is 0 Å². The molecule has 0 aliphatic carbocycles. The number of aromatic nitrogens is 2. The lowest BCUT2D eigenvalue weighted by atomic mass is 10.3. The maximum absolute atomic E-state index is 7.30. The van der Waals surface area contributed by atoms with Crippen LogP contribution in [-0.4, -0.2) is 9.97 Å². The molecule has 2 rings (SSSR count). The summed E-state index contributed by atoms with van der Waals surface area (Å²) in [5, 5.41) is 0.983. The van der Waals surface area contributed by atoms with Crippen molar-refractivity contribution in [3.8, 4) is 0 Å². The molecule has 0 bridgehead atoms. The molecular formula is C9H8N2. The fraction of sp³-hybridized carbons (Fsp3) is 0.111. The Kier molecular flexibility index (Phi) is 1.10. The second-order valence-corrected chi connectivity index (χ2v) is 2.44. The van der Waals surface area contributed by atoms with E-state index >= 15 is 0 Å². The van der Waals surface area contributed by atoms with Crippen LogP contribution in [-0.2, 0) is 0 Å². The Balaban J connectivity index is 2.80. The molecule has 0 aliphatic rings. The molecule has 11 heavy (non-hydrogen) atoms. The minimum Gasteiger partial charge on any atom is -0.237 e. The zero-order valence-electron chi connectivity index (χ0n) is 7.20. The summed E-state index contributed by atoms with van der Waals surface area (Å²) in [4.78, 5) is 8.20. The van der Waals surface area contributed by atoms with E-state index in [4.69, 9.17) is 1.37 Å². The lowest BCUT2D eigenvalue weighted by Crippen LogP contribution is -1.84. The molecule has 2 heterocycles. The summed E-state index contributed by atoms with van der Waals surface area (Å²) in [5.41, 5.74) is 1.59. The van der Waals surface area contributed by atoms with Crippen LogP contribution in [0.3, 0.4) is 0 Å². The third-order valence-electron chi connectivity index (χ3n) is 1.55. The van der Waals surface area contributed by atoms with Gasteiger partial charge < -0.3 is 0 Å². The Morgan fingerprint density at radius 3 is 3.18 bits per heavy atom. The van der Waals surface area contributed by atoms with Crippen molar-refractivity contribution >= 4 is 11.0 Å². The number of pyridine rings is 2. The molecule has 2 aromatic rings. The highest BCUT2D eigenvalue weighted by molar-refractivity contribution is 5.73. The SMILES string of the molecule is [2H]c1ccc2ccc(C)nc2n1. The molecule has 0 saturated heterocycles. The Labute approximate surface area is 66.3 Å². The summed E-state index contributed by atoms with van der Waals surface area (Å²) in [6.45, 7) is 1.91. The Morgan fingerprint density at radius 1 is 1.36 bits per heavy atom. The molecule has 2 heteroatoms. The van der Waals surface area contributed by atoms with Crippen LogP contribution in [0.2, 0.25) is 0 Å². The van der Waals surface area contributed by atoms with Crippen LogP contribution in [0, 0.1) is 6.92 Å². The van der Waals surface area contributed by atoms with Crippen molar-refractivity contribution in [2.75, 3.05) is 0 Å². The summed E-state index contributed by atoms with van der Waals surface area (Å²) in [6.07, 6.45) is 0.264. The van der Waals surface area contributed by atoms with Crippen molar-refractivity contribution in [2.24, 2.45) is 0 Å². The average Bonchev–Trinajstić information content (AvgIpc) is 2.03. The van der Waals surface area contributed by atoms with Gasteiger partial charge in [0, 0.05) is 17.3 Å². The number of aryl methyl sites for hydroxylation is 1. The number of rotatable bonds is 0. The predicted molar refractivity (Wildman–Crippen MR) is 44.3 cm³/mol. The molecule has 2 nitrogen and oxygen atoms in total. The molecule has 2 aromatic heterocycles. The molecule has 0 atom stereocenters. The first-order chi connectivity index (χ1) is 5.75. The molecule has 0 aliphatic heterocycles. The molecule has 0 N–H and O–H groups in total. The van der Waals surface area contributed by atoms with Crippen LogP contribution in [0.5, 0.6) is 0 Å². The smallest absolute Gasteiger partial charge is 0.159 e. The lowest BCUT2D eigenvalue weighted by Gasteiger charge is -1.94. The molecule has 0 saturated carbocycles. The third kappa shape index (κ3) is 1.07. The van der Waals surface area contributed by atoms with Crippen molar-refractivity contribution in [2.45, 2.75) is 6.92 Å². The van der Waals surface area contributed by atoms with Crippen LogP contribution < -0.4 is 0 Å². The van der Waals surface area contributed by atoms with Crippen molar-refractivity contribution in [1.29, 1.82) is 0 Å². The zero-order chi connectivity index (χ0) is 8.55. The van der Waals surface area contributed by atoms with Crippen LogP contribution in [0.4, 0.5) is 0 Å². The van der Waals surface area contributed by atoms with E-state index < -0.39 is 0 Å². The highest BCUT2D eigenvalue weighted by atomic mass is 14.8. The van der Waals surface area contributed by atoms with Crippen LogP contribution >= 0.6 is 0 Å². The first kappa shape index (κ1) is 5.24. The van der Waals surface area contributed by atoms with Gasteiger partial charge in [-0.3, -0.25) is 0 Å². The van der Waals surface area contributed by atoms with E-state index in [0.29, 0.717) is 5.65 Å². The topological polar surface area (TPSA) is 25.8 Å². The summed E-state index contributed by atoms with van der Waals surface area (Å²) >= 11 is 0. The van der Waals surface area contributed by atoms with Gasteiger partial charge in [-0.05, 0) is 31.2 Å². The molecule has 0 unspecified atom stereocenters. The number of hydrogen-bond acceptors (Lipinski definition) is 2. The van der Waals surface area contributed by atoms with Gasteiger partial charge in [0.15, 0.2) is 5.65 Å². The van der Waals surface area contributed by atoms with E-state index in [9.17, 15) is 0 Å². The minimum absolute atomic E-state index is 0.264. The molecule has 0 radical (unpaired) electrons. The van der Waals surface area contributed by atoms with E-state index in [0.717, 1.165) is 11.1 Å². The molecule has 0 spiro atoms. The second kappa shape index (κ2) is 2.31. The quantitative estimate of drug-likeness (QED) is 0.566. The largest absolute Gasteiger partial charge is 0.237 e. The molecule has 0 aromatic carbocycles. The van der Waals surface area contributed by atoms with Crippen LogP contribution in [0.15, 0.2) is 30.4 Å². The summed E-state index contributed by atoms with van der Waals surface area (Å²) in [6, 6.07) is 7.42. The first-order valence-electron chi connectivity index (χ1n) is 3.97. The minimum atomic E-state index is 0.264. The number of nitrogens with zero attached hydrogens (tertiary/aromatic N) is 2. The maximum atomic E-state index is 7.30. The number of fused-ring (bicyclic) bond motifs is 1. The fourth-order valence-electron chi connectivity index (χ4n) is 0.999. The van der Waals surface area contributed by atoms with E-state index in [2.05, 4.69) is 9.97 Å². The first-order valence-corrected chi connectivity index (χ1v) is 3.47. The number of hydrogen-bond donors (Lipinski definition) is 0. The molecule has 54 valence electrons. The summed E-state index contributed by atoms with van der Waals surface area (Å²) in [5.74, 6) is 0. The molecule has 0 amide bonds. The van der Waals surface area contributed by atoms with Gasteiger partial charge in [0.05, 0.1) is 1.37 Å². The van der Waals surface area contributed by atoms with Gasteiger partial charge in [-0.15, -0.1) is 0 Å². The van der Waals surface area contributed by atoms with Crippen molar-refractivity contribution in [3.05, 3.63) is 36.1 Å². The normalized spacial score (nSPS) is 11.5. The standard InChI is InChI=1S/C9H8N2/c1-7-4-5-8-3-2-6-10-9(8)11-7/h2-6H,1H3/i6D. The van der Waals surface area contributed by atoms with Crippen molar-refractivity contribution in [3.63, 3.8) is 0 Å². The Hall–Kier alpha value is -1.44. The Bertz CT molecular complexity index is 389. The van der Waals surface area contributed by atoms with Gasteiger partial charge in [-0.25, -0.2) is 9.97 Å². The molecule has 0 fully saturated rings. The van der Waals surface area contributed by atoms with E-state index in [1.807, 2.05) is 25.1 Å². The van der Waals surface area contributed by atoms with Gasteiger partial charge >= 0.3 is 0 Å². The maximum Gasteiger partial charge on any atom is 0.159 e. The summed E-state index contributed by atoms with van der Waals surface area (Å²) in [7, 11) is 0. The fourth-order valence-corrected chi connectivity index (χ4v) is 0.999. The van der Waals surface area contributed by atoms with Crippen LogP contribution in [0.25, 0.3) is 11.0 Å². The van der Waals surface area contributed by atoms with E-state index in [1.165, 1.54) is 0 Å². The average molecular weight is 145 g/mol. The highest BCUT2D eigenvalue weighted by Crippen LogP contribution is 2.07. The van der Waals surface area contributed by atoms with Crippen molar-refractivity contribution in [1.82, 2.24) is 9.97 Å². The Morgan fingerprint density at radius 2 is 2.27 bits per heavy atom. The second-order valence-electron chi connectivity index (χ2n) is 2.44.